The summed E-state index contributed by atoms with van der Waals surface area (Å²) in [6.45, 7) is 0. The Morgan fingerprint density at radius 1 is 1.67 bits per heavy atom. The summed E-state index contributed by atoms with van der Waals surface area (Å²) in [5.74, 6) is -0.268. The van der Waals surface area contributed by atoms with Gasteiger partial charge < -0.3 is 9.84 Å². The van der Waals surface area contributed by atoms with Crippen molar-refractivity contribution in [1.29, 1.82) is 0 Å². The standard InChI is InChI=1S/C8H10N4O3/c1-11-4-6-9-5(8(14)15-2)3-7(13)12(6)10-11/h3-4,10,13H,1-2H3. The Morgan fingerprint density at radius 2 is 2.40 bits per heavy atom. The van der Waals surface area contributed by atoms with Gasteiger partial charge in [-0.1, -0.05) is 0 Å². The van der Waals surface area contributed by atoms with Crippen LogP contribution in [0.2, 0.25) is 0 Å². The Balaban J connectivity index is 2.34. The predicted molar refractivity (Wildman–Crippen MR) is 51.0 cm³/mol. The third kappa shape index (κ3) is 1.52. The van der Waals surface area contributed by atoms with Crippen molar-refractivity contribution >= 4 is 11.7 Å². The number of hydrogen-bond acceptors (Lipinski definition) is 7. The minimum absolute atomic E-state index is 0.0644. The lowest BCUT2D eigenvalue weighted by molar-refractivity contribution is -0.132. The average Bonchev–Trinajstić information content (AvgIpc) is 2.58. The summed E-state index contributed by atoms with van der Waals surface area (Å²) >= 11 is 0. The molecule has 0 radical (unpaired) electrons. The van der Waals surface area contributed by atoms with Gasteiger partial charge in [-0.05, 0) is 0 Å². The van der Waals surface area contributed by atoms with Crippen LogP contribution in [0.25, 0.3) is 0 Å². The van der Waals surface area contributed by atoms with Gasteiger partial charge in [0.25, 0.3) is 0 Å². The molecule has 0 aromatic carbocycles. The lowest BCUT2D eigenvalue weighted by atomic mass is 10.3. The average molecular weight is 210 g/mol. The number of carbonyl (C=O) groups excluding carboxylic acids is 1. The van der Waals surface area contributed by atoms with Crippen LogP contribution in [0.5, 0.6) is 0 Å². The summed E-state index contributed by atoms with van der Waals surface area (Å²) < 4.78 is 4.51. The number of hydrazine groups is 2. The highest BCUT2D eigenvalue weighted by Gasteiger charge is 2.28. The number of fused-ring (bicyclic) bond motifs is 1. The Hall–Kier alpha value is -2.02. The van der Waals surface area contributed by atoms with Crippen LogP contribution in [0.1, 0.15) is 0 Å². The normalized spacial score (nSPS) is 19.2. The number of aliphatic imine (C=N–C) groups is 1. The molecule has 7 nitrogen and oxygen atoms in total. The van der Waals surface area contributed by atoms with Crippen LogP contribution in [-0.2, 0) is 9.53 Å². The van der Waals surface area contributed by atoms with E-state index in [1.54, 1.807) is 18.3 Å². The van der Waals surface area contributed by atoms with E-state index in [-0.39, 0.29) is 11.6 Å². The Kier molecular flexibility index (Phi) is 2.09. The zero-order valence-electron chi connectivity index (χ0n) is 8.26. The minimum Gasteiger partial charge on any atom is -0.493 e. The maximum absolute atomic E-state index is 11.2. The SMILES string of the molecule is COC(=O)C1=NC2=CN(C)NN2C(O)=C1. The number of carbonyl (C=O) groups is 1. The molecule has 15 heavy (non-hydrogen) atoms. The smallest absolute Gasteiger partial charge is 0.356 e. The second kappa shape index (κ2) is 3.28. The fourth-order valence-corrected chi connectivity index (χ4v) is 1.27. The molecule has 0 saturated heterocycles. The van der Waals surface area contributed by atoms with E-state index in [9.17, 15) is 9.90 Å². The maximum atomic E-state index is 11.2. The van der Waals surface area contributed by atoms with Crippen LogP contribution < -0.4 is 5.53 Å². The van der Waals surface area contributed by atoms with Crippen molar-refractivity contribution in [2.45, 2.75) is 0 Å². The molecule has 2 N–H and O–H groups in total. The number of rotatable bonds is 1. The van der Waals surface area contributed by atoms with Crippen LogP contribution in [0.4, 0.5) is 0 Å². The molecule has 0 aromatic rings. The summed E-state index contributed by atoms with van der Waals surface area (Å²) in [6.07, 6.45) is 2.86. The monoisotopic (exact) mass is 210 g/mol. The topological polar surface area (TPSA) is 77.4 Å². The Labute approximate surface area is 85.9 Å². The number of nitrogens with one attached hydrogen (secondary N) is 1. The van der Waals surface area contributed by atoms with Crippen LogP contribution in [-0.4, -0.2) is 41.0 Å². The molecular weight excluding hydrogens is 200 g/mol. The van der Waals surface area contributed by atoms with Crippen molar-refractivity contribution in [3.8, 4) is 0 Å². The first-order valence-electron chi connectivity index (χ1n) is 4.20. The van der Waals surface area contributed by atoms with Gasteiger partial charge >= 0.3 is 5.97 Å². The van der Waals surface area contributed by atoms with Gasteiger partial charge in [0, 0.05) is 13.1 Å². The first-order valence-corrected chi connectivity index (χ1v) is 4.20. The summed E-state index contributed by atoms with van der Waals surface area (Å²) in [5, 5.41) is 12.5. The van der Waals surface area contributed by atoms with Crippen molar-refractivity contribution < 1.29 is 14.6 Å². The van der Waals surface area contributed by atoms with Gasteiger partial charge in [-0.15, -0.1) is 5.53 Å². The lowest BCUT2D eigenvalue weighted by Crippen LogP contribution is -2.39. The van der Waals surface area contributed by atoms with Crippen molar-refractivity contribution in [1.82, 2.24) is 15.6 Å². The van der Waals surface area contributed by atoms with Crippen molar-refractivity contribution in [2.75, 3.05) is 14.2 Å². The Bertz CT molecular complexity index is 399. The van der Waals surface area contributed by atoms with E-state index in [2.05, 4.69) is 15.3 Å². The third-order valence-electron chi connectivity index (χ3n) is 1.92. The zero-order valence-corrected chi connectivity index (χ0v) is 8.26. The number of hydrogen-bond donors (Lipinski definition) is 2. The number of ether oxygens (including phenoxy) is 1. The van der Waals surface area contributed by atoms with Gasteiger partial charge in [0.1, 0.15) is 0 Å². The van der Waals surface area contributed by atoms with E-state index in [1.807, 2.05) is 0 Å². The van der Waals surface area contributed by atoms with Crippen LogP contribution in [0.3, 0.4) is 0 Å². The number of esters is 1. The van der Waals surface area contributed by atoms with E-state index in [4.69, 9.17) is 0 Å². The van der Waals surface area contributed by atoms with E-state index < -0.39 is 5.97 Å². The molecule has 2 aliphatic rings. The number of aliphatic hydroxyl groups excluding tert-OH is 1. The van der Waals surface area contributed by atoms with Gasteiger partial charge in [0.2, 0.25) is 5.88 Å². The van der Waals surface area contributed by atoms with Gasteiger partial charge in [0.15, 0.2) is 11.5 Å². The third-order valence-corrected chi connectivity index (χ3v) is 1.92. The van der Waals surface area contributed by atoms with E-state index in [1.165, 1.54) is 18.2 Å². The molecule has 0 saturated carbocycles. The number of methoxy groups -OCH3 is 1. The number of aliphatic hydroxyl groups is 1. The molecule has 0 aliphatic carbocycles. The van der Waals surface area contributed by atoms with Crippen LogP contribution in [0, 0.1) is 0 Å². The minimum atomic E-state index is -0.586. The molecule has 0 bridgehead atoms. The van der Waals surface area contributed by atoms with Gasteiger partial charge in [-0.25, -0.2) is 14.8 Å². The second-order valence-electron chi connectivity index (χ2n) is 3.02. The van der Waals surface area contributed by atoms with Gasteiger partial charge in [-0.3, -0.25) is 5.01 Å². The van der Waals surface area contributed by atoms with Crippen LogP contribution >= 0.6 is 0 Å². The largest absolute Gasteiger partial charge is 0.493 e. The second-order valence-corrected chi connectivity index (χ2v) is 3.02. The molecule has 2 heterocycles. The molecule has 2 aliphatic heterocycles. The summed E-state index contributed by atoms with van der Waals surface area (Å²) in [6, 6.07) is 0. The van der Waals surface area contributed by atoms with E-state index in [0.717, 1.165) is 0 Å². The molecule has 7 heteroatoms. The number of nitrogens with zero attached hydrogens (tertiary/aromatic N) is 3. The predicted octanol–water partition coefficient (Wildman–Crippen LogP) is -0.521. The fraction of sp³-hybridized carbons (Fsp3) is 0.250. The highest BCUT2D eigenvalue weighted by atomic mass is 16.5. The van der Waals surface area contributed by atoms with Crippen molar-refractivity contribution in [2.24, 2.45) is 4.99 Å². The molecule has 0 atom stereocenters. The summed E-state index contributed by atoms with van der Waals surface area (Å²) in [5.41, 5.74) is 2.84. The summed E-state index contributed by atoms with van der Waals surface area (Å²) in [4.78, 5) is 15.2. The lowest BCUT2D eigenvalue weighted by Gasteiger charge is -2.22. The fourth-order valence-electron chi connectivity index (χ4n) is 1.27. The van der Waals surface area contributed by atoms with Gasteiger partial charge in [-0.2, -0.15) is 0 Å². The maximum Gasteiger partial charge on any atom is 0.356 e. The van der Waals surface area contributed by atoms with Crippen LogP contribution in [0.15, 0.2) is 29.0 Å². The van der Waals surface area contributed by atoms with E-state index in [0.29, 0.717) is 5.82 Å². The quantitative estimate of drug-likeness (QED) is 0.567. The summed E-state index contributed by atoms with van der Waals surface area (Å²) in [7, 11) is 3.00. The van der Waals surface area contributed by atoms with Crippen molar-refractivity contribution in [3.05, 3.63) is 24.0 Å². The first-order chi connectivity index (χ1) is 7.11. The zero-order chi connectivity index (χ0) is 11.0. The first kappa shape index (κ1) is 9.53. The highest BCUT2D eigenvalue weighted by molar-refractivity contribution is 6.41. The molecule has 80 valence electrons. The Morgan fingerprint density at radius 3 is 3.07 bits per heavy atom. The van der Waals surface area contributed by atoms with Gasteiger partial charge in [0.05, 0.1) is 13.3 Å². The highest BCUT2D eigenvalue weighted by Crippen LogP contribution is 2.20. The molecule has 2 rings (SSSR count). The van der Waals surface area contributed by atoms with E-state index >= 15 is 0 Å². The molecule has 0 unspecified atom stereocenters. The molecule has 0 aromatic heterocycles. The molecule has 0 amide bonds. The molecule has 0 fully saturated rings. The molecule has 0 spiro atoms. The molecular formula is C8H10N4O3. The van der Waals surface area contributed by atoms with Crippen molar-refractivity contribution in [3.63, 3.8) is 0 Å².